The lowest BCUT2D eigenvalue weighted by atomic mass is 10.1. The first-order valence-corrected chi connectivity index (χ1v) is 8.95. The van der Waals surface area contributed by atoms with E-state index in [1.807, 2.05) is 0 Å². The highest BCUT2D eigenvalue weighted by Gasteiger charge is 2.27. The summed E-state index contributed by atoms with van der Waals surface area (Å²) in [4.78, 5) is 12.2. The Balaban J connectivity index is 1.73. The van der Waals surface area contributed by atoms with Gasteiger partial charge in [-0.3, -0.25) is 4.79 Å². The van der Waals surface area contributed by atoms with Crippen LogP contribution in [0, 0.1) is 5.92 Å². The first kappa shape index (κ1) is 16.0. The first-order chi connectivity index (χ1) is 9.99. The van der Waals surface area contributed by atoms with Crippen LogP contribution in [0.2, 0.25) is 0 Å². The number of benzene rings is 1. The molecule has 1 fully saturated rings. The molecular weight excluding hydrogens is 288 g/mol. The zero-order valence-corrected chi connectivity index (χ0v) is 12.8. The smallest absolute Gasteiger partial charge is 0.223 e. The molecule has 1 amide bonds. The van der Waals surface area contributed by atoms with Crippen molar-refractivity contribution in [3.63, 3.8) is 0 Å². The van der Waals surface area contributed by atoms with Crippen molar-refractivity contribution in [3.8, 4) is 0 Å². The van der Waals surface area contributed by atoms with Crippen LogP contribution in [0.25, 0.3) is 0 Å². The zero-order chi connectivity index (χ0) is 15.3. The van der Waals surface area contributed by atoms with Crippen molar-refractivity contribution in [2.45, 2.75) is 36.6 Å². The summed E-state index contributed by atoms with van der Waals surface area (Å²) in [5.74, 6) is 0.0346. The predicted octanol–water partition coefficient (Wildman–Crippen LogP) is 1.09. The van der Waals surface area contributed by atoms with Gasteiger partial charge in [0, 0.05) is 18.5 Å². The standard InChI is InChI=1S/C15H22N2O3S/c16-13-8-7-12(11-13)15(18)17-9-4-10-21(19,20)14-5-2-1-3-6-14/h1-3,5-6,12-13H,4,7-11,16H2,(H,17,18). The summed E-state index contributed by atoms with van der Waals surface area (Å²) in [6.45, 7) is 0.386. The molecule has 3 N–H and O–H groups in total. The predicted molar refractivity (Wildman–Crippen MR) is 81.4 cm³/mol. The fourth-order valence-corrected chi connectivity index (χ4v) is 3.95. The van der Waals surface area contributed by atoms with Gasteiger partial charge in [-0.1, -0.05) is 18.2 Å². The van der Waals surface area contributed by atoms with Crippen molar-refractivity contribution in [1.82, 2.24) is 5.32 Å². The van der Waals surface area contributed by atoms with Crippen molar-refractivity contribution in [1.29, 1.82) is 0 Å². The summed E-state index contributed by atoms with van der Waals surface area (Å²) in [6.07, 6.45) is 2.87. The van der Waals surface area contributed by atoms with Gasteiger partial charge in [0.25, 0.3) is 0 Å². The molecule has 2 rings (SSSR count). The fourth-order valence-electron chi connectivity index (χ4n) is 2.62. The fraction of sp³-hybridized carbons (Fsp3) is 0.533. The molecule has 0 bridgehead atoms. The minimum absolute atomic E-state index is 0.0000547. The highest BCUT2D eigenvalue weighted by Crippen LogP contribution is 2.23. The van der Waals surface area contributed by atoms with Crippen LogP contribution in [0.3, 0.4) is 0 Å². The third kappa shape index (κ3) is 4.54. The normalized spacial score (nSPS) is 22.1. The van der Waals surface area contributed by atoms with Crippen molar-refractivity contribution in [3.05, 3.63) is 30.3 Å². The molecule has 1 saturated carbocycles. The Morgan fingerprint density at radius 2 is 1.95 bits per heavy atom. The molecule has 2 unspecified atom stereocenters. The van der Waals surface area contributed by atoms with E-state index in [-0.39, 0.29) is 23.6 Å². The number of nitrogens with one attached hydrogen (secondary N) is 1. The van der Waals surface area contributed by atoms with E-state index >= 15 is 0 Å². The molecule has 5 nitrogen and oxygen atoms in total. The van der Waals surface area contributed by atoms with E-state index in [2.05, 4.69) is 5.32 Å². The number of amides is 1. The number of carbonyl (C=O) groups is 1. The Bertz CT molecular complexity index is 572. The van der Waals surface area contributed by atoms with Gasteiger partial charge < -0.3 is 11.1 Å². The van der Waals surface area contributed by atoms with E-state index in [0.717, 1.165) is 19.3 Å². The monoisotopic (exact) mass is 310 g/mol. The second-order valence-corrected chi connectivity index (χ2v) is 7.66. The highest BCUT2D eigenvalue weighted by molar-refractivity contribution is 7.91. The Labute approximate surface area is 125 Å². The van der Waals surface area contributed by atoms with Crippen molar-refractivity contribution in [2.24, 2.45) is 11.7 Å². The van der Waals surface area contributed by atoms with Gasteiger partial charge in [0.2, 0.25) is 5.91 Å². The summed E-state index contributed by atoms with van der Waals surface area (Å²) < 4.78 is 24.1. The van der Waals surface area contributed by atoms with E-state index < -0.39 is 9.84 Å². The molecule has 1 aliphatic rings. The molecule has 0 spiro atoms. The minimum atomic E-state index is -3.26. The average Bonchev–Trinajstić information content (AvgIpc) is 2.91. The zero-order valence-electron chi connectivity index (χ0n) is 12.0. The summed E-state index contributed by atoms with van der Waals surface area (Å²) >= 11 is 0. The molecule has 0 heterocycles. The number of rotatable bonds is 6. The molecule has 0 aromatic heterocycles. The molecule has 1 aliphatic carbocycles. The Morgan fingerprint density at radius 1 is 1.24 bits per heavy atom. The number of sulfone groups is 1. The van der Waals surface area contributed by atoms with Gasteiger partial charge in [-0.25, -0.2) is 8.42 Å². The van der Waals surface area contributed by atoms with Crippen LogP contribution in [-0.2, 0) is 14.6 Å². The molecule has 2 atom stereocenters. The first-order valence-electron chi connectivity index (χ1n) is 7.30. The maximum Gasteiger partial charge on any atom is 0.223 e. The lowest BCUT2D eigenvalue weighted by Gasteiger charge is -2.10. The van der Waals surface area contributed by atoms with E-state index in [1.54, 1.807) is 30.3 Å². The van der Waals surface area contributed by atoms with Crippen LogP contribution in [0.5, 0.6) is 0 Å². The number of hydrogen-bond acceptors (Lipinski definition) is 4. The van der Waals surface area contributed by atoms with Gasteiger partial charge in [0.05, 0.1) is 10.6 Å². The van der Waals surface area contributed by atoms with Crippen LogP contribution < -0.4 is 11.1 Å². The SMILES string of the molecule is NC1CCC(C(=O)NCCCS(=O)(=O)c2ccccc2)C1. The topological polar surface area (TPSA) is 89.3 Å². The van der Waals surface area contributed by atoms with Gasteiger partial charge in [-0.2, -0.15) is 0 Å². The maximum atomic E-state index is 12.0. The third-order valence-electron chi connectivity index (χ3n) is 3.84. The van der Waals surface area contributed by atoms with Crippen molar-refractivity contribution >= 4 is 15.7 Å². The van der Waals surface area contributed by atoms with Crippen LogP contribution in [0.1, 0.15) is 25.7 Å². The molecule has 0 aliphatic heterocycles. The second-order valence-electron chi connectivity index (χ2n) is 5.55. The Morgan fingerprint density at radius 3 is 2.57 bits per heavy atom. The Hall–Kier alpha value is -1.40. The molecule has 0 radical (unpaired) electrons. The quantitative estimate of drug-likeness (QED) is 0.770. The average molecular weight is 310 g/mol. The largest absolute Gasteiger partial charge is 0.356 e. The maximum absolute atomic E-state index is 12.0. The molecular formula is C15H22N2O3S. The van der Waals surface area contributed by atoms with Gasteiger partial charge in [-0.05, 0) is 37.8 Å². The van der Waals surface area contributed by atoms with E-state index in [0.29, 0.717) is 17.9 Å². The van der Waals surface area contributed by atoms with Crippen LogP contribution in [0.15, 0.2) is 35.2 Å². The minimum Gasteiger partial charge on any atom is -0.356 e. The van der Waals surface area contributed by atoms with E-state index in [4.69, 9.17) is 5.73 Å². The summed E-state index contributed by atoms with van der Waals surface area (Å²) in [7, 11) is -3.26. The summed E-state index contributed by atoms with van der Waals surface area (Å²) in [5, 5.41) is 2.81. The highest BCUT2D eigenvalue weighted by atomic mass is 32.2. The molecule has 1 aromatic carbocycles. The number of carbonyl (C=O) groups excluding carboxylic acids is 1. The van der Waals surface area contributed by atoms with Crippen LogP contribution in [-0.4, -0.2) is 32.7 Å². The van der Waals surface area contributed by atoms with E-state index in [9.17, 15) is 13.2 Å². The third-order valence-corrected chi connectivity index (χ3v) is 5.65. The summed E-state index contributed by atoms with van der Waals surface area (Å²) in [5.41, 5.74) is 5.78. The van der Waals surface area contributed by atoms with Gasteiger partial charge in [0.1, 0.15) is 0 Å². The van der Waals surface area contributed by atoms with Gasteiger partial charge in [-0.15, -0.1) is 0 Å². The van der Waals surface area contributed by atoms with Crippen molar-refractivity contribution < 1.29 is 13.2 Å². The molecule has 1 aromatic rings. The second kappa shape index (κ2) is 7.04. The molecule has 21 heavy (non-hydrogen) atoms. The molecule has 6 heteroatoms. The van der Waals surface area contributed by atoms with Crippen LogP contribution in [0.4, 0.5) is 0 Å². The summed E-state index contributed by atoms with van der Waals surface area (Å²) in [6, 6.07) is 8.50. The number of nitrogens with two attached hydrogens (primary N) is 1. The van der Waals surface area contributed by atoms with Crippen molar-refractivity contribution in [2.75, 3.05) is 12.3 Å². The van der Waals surface area contributed by atoms with Gasteiger partial charge >= 0.3 is 0 Å². The number of hydrogen-bond donors (Lipinski definition) is 2. The molecule has 0 saturated heterocycles. The Kier molecular flexibility index (Phi) is 5.36. The van der Waals surface area contributed by atoms with Gasteiger partial charge in [0.15, 0.2) is 9.84 Å². The van der Waals surface area contributed by atoms with Crippen LogP contribution >= 0.6 is 0 Å². The molecule has 116 valence electrons. The van der Waals surface area contributed by atoms with E-state index in [1.165, 1.54) is 0 Å². The lowest BCUT2D eigenvalue weighted by molar-refractivity contribution is -0.124. The lowest BCUT2D eigenvalue weighted by Crippen LogP contribution is -2.31.